The standard InChI is InChI=1S/C16H28N2O3/c1-3-16(6-7-16)12-17-14(19)18-8-4-5-13(11-18)15(2)20-9-10-21-15/h13H,3-12H2,1-2H3,(H,17,19)/t13-/m1/s1. The van der Waals surface area contributed by atoms with Crippen LogP contribution in [0.3, 0.4) is 0 Å². The number of hydrogen-bond acceptors (Lipinski definition) is 3. The van der Waals surface area contributed by atoms with Crippen LogP contribution in [-0.2, 0) is 9.47 Å². The lowest BCUT2D eigenvalue weighted by molar-refractivity contribution is -0.189. The number of amides is 2. The van der Waals surface area contributed by atoms with E-state index in [2.05, 4.69) is 12.2 Å². The third kappa shape index (κ3) is 3.19. The van der Waals surface area contributed by atoms with Gasteiger partial charge in [0.25, 0.3) is 0 Å². The number of likely N-dealkylation sites (tertiary alicyclic amines) is 1. The minimum Gasteiger partial charge on any atom is -0.347 e. The summed E-state index contributed by atoms with van der Waals surface area (Å²) >= 11 is 0. The molecule has 21 heavy (non-hydrogen) atoms. The summed E-state index contributed by atoms with van der Waals surface area (Å²) < 4.78 is 11.5. The number of rotatable bonds is 4. The van der Waals surface area contributed by atoms with Crippen LogP contribution in [0.2, 0.25) is 0 Å². The van der Waals surface area contributed by atoms with Crippen molar-refractivity contribution in [1.82, 2.24) is 10.2 Å². The highest BCUT2D eigenvalue weighted by Gasteiger charge is 2.44. The molecule has 0 aromatic heterocycles. The second kappa shape index (κ2) is 5.76. The molecule has 1 atom stereocenters. The zero-order valence-electron chi connectivity index (χ0n) is 13.3. The molecule has 3 rings (SSSR count). The maximum atomic E-state index is 12.4. The van der Waals surface area contributed by atoms with Crippen molar-refractivity contribution in [3.63, 3.8) is 0 Å². The lowest BCUT2D eigenvalue weighted by atomic mass is 9.90. The van der Waals surface area contributed by atoms with Crippen LogP contribution in [0.5, 0.6) is 0 Å². The molecule has 2 amide bonds. The van der Waals surface area contributed by atoms with Crippen LogP contribution in [0.4, 0.5) is 4.79 Å². The van der Waals surface area contributed by atoms with E-state index < -0.39 is 5.79 Å². The second-order valence-electron chi connectivity index (χ2n) is 7.01. The van der Waals surface area contributed by atoms with Gasteiger partial charge < -0.3 is 19.7 Å². The van der Waals surface area contributed by atoms with Crippen LogP contribution in [0.15, 0.2) is 0 Å². The van der Waals surface area contributed by atoms with E-state index in [-0.39, 0.29) is 11.9 Å². The average molecular weight is 296 g/mol. The maximum Gasteiger partial charge on any atom is 0.317 e. The smallest absolute Gasteiger partial charge is 0.317 e. The van der Waals surface area contributed by atoms with Gasteiger partial charge in [-0.25, -0.2) is 4.79 Å². The van der Waals surface area contributed by atoms with Gasteiger partial charge in [0.2, 0.25) is 0 Å². The Morgan fingerprint density at radius 1 is 1.33 bits per heavy atom. The van der Waals surface area contributed by atoms with Crippen LogP contribution in [0.1, 0.15) is 46.0 Å². The highest BCUT2D eigenvalue weighted by Crippen LogP contribution is 2.47. The summed E-state index contributed by atoms with van der Waals surface area (Å²) in [6, 6.07) is 0.0843. The van der Waals surface area contributed by atoms with Crippen LogP contribution >= 0.6 is 0 Å². The first-order valence-electron chi connectivity index (χ1n) is 8.38. The third-order valence-corrected chi connectivity index (χ3v) is 5.63. The van der Waals surface area contributed by atoms with Gasteiger partial charge >= 0.3 is 6.03 Å². The van der Waals surface area contributed by atoms with E-state index in [1.54, 1.807) is 0 Å². The Morgan fingerprint density at radius 2 is 2.05 bits per heavy atom. The largest absolute Gasteiger partial charge is 0.347 e. The molecule has 0 unspecified atom stereocenters. The fraction of sp³-hybridized carbons (Fsp3) is 0.938. The monoisotopic (exact) mass is 296 g/mol. The van der Waals surface area contributed by atoms with Gasteiger partial charge in [0.1, 0.15) is 0 Å². The molecule has 0 aromatic carbocycles. The van der Waals surface area contributed by atoms with Gasteiger partial charge in [-0.05, 0) is 44.4 Å². The van der Waals surface area contributed by atoms with Gasteiger partial charge in [-0.15, -0.1) is 0 Å². The second-order valence-corrected chi connectivity index (χ2v) is 7.01. The normalized spacial score (nSPS) is 30.2. The molecular weight excluding hydrogens is 268 g/mol. The van der Waals surface area contributed by atoms with Gasteiger partial charge in [-0.3, -0.25) is 0 Å². The first kappa shape index (κ1) is 15.1. The van der Waals surface area contributed by atoms with E-state index in [1.165, 1.54) is 12.8 Å². The maximum absolute atomic E-state index is 12.4. The van der Waals surface area contributed by atoms with Crippen molar-refractivity contribution in [3.8, 4) is 0 Å². The van der Waals surface area contributed by atoms with E-state index in [0.717, 1.165) is 38.9 Å². The van der Waals surface area contributed by atoms with Crippen molar-refractivity contribution in [3.05, 3.63) is 0 Å². The fourth-order valence-electron chi connectivity index (χ4n) is 3.56. The lowest BCUT2D eigenvalue weighted by Gasteiger charge is -2.40. The molecule has 2 aliphatic heterocycles. The molecule has 1 saturated carbocycles. The van der Waals surface area contributed by atoms with Crippen LogP contribution in [0, 0.1) is 11.3 Å². The van der Waals surface area contributed by atoms with Crippen molar-refractivity contribution in [2.24, 2.45) is 11.3 Å². The summed E-state index contributed by atoms with van der Waals surface area (Å²) in [6.07, 6.45) is 5.77. The van der Waals surface area contributed by atoms with Gasteiger partial charge in [-0.2, -0.15) is 0 Å². The number of carbonyl (C=O) groups excluding carboxylic acids is 1. The Kier molecular flexibility index (Phi) is 4.14. The van der Waals surface area contributed by atoms with E-state index in [1.807, 2.05) is 11.8 Å². The van der Waals surface area contributed by atoms with Crippen LogP contribution in [0.25, 0.3) is 0 Å². The Balaban J connectivity index is 1.52. The number of ether oxygens (including phenoxy) is 2. The highest BCUT2D eigenvalue weighted by molar-refractivity contribution is 5.74. The summed E-state index contributed by atoms with van der Waals surface area (Å²) in [5, 5.41) is 3.14. The highest BCUT2D eigenvalue weighted by atomic mass is 16.7. The summed E-state index contributed by atoms with van der Waals surface area (Å²) in [4.78, 5) is 14.3. The quantitative estimate of drug-likeness (QED) is 0.866. The number of urea groups is 1. The number of nitrogens with one attached hydrogen (secondary N) is 1. The Bertz CT molecular complexity index is 389. The molecule has 5 nitrogen and oxygen atoms in total. The molecule has 2 heterocycles. The lowest BCUT2D eigenvalue weighted by Crippen LogP contribution is -2.51. The molecule has 3 fully saturated rings. The summed E-state index contributed by atoms with van der Waals surface area (Å²) in [5.74, 6) is -0.222. The van der Waals surface area contributed by atoms with Crippen molar-refractivity contribution in [1.29, 1.82) is 0 Å². The van der Waals surface area contributed by atoms with Crippen LogP contribution < -0.4 is 5.32 Å². The minimum atomic E-state index is -0.500. The molecule has 2 saturated heterocycles. The van der Waals surface area contributed by atoms with Crippen molar-refractivity contribution in [2.45, 2.75) is 51.7 Å². The Morgan fingerprint density at radius 3 is 2.67 bits per heavy atom. The summed E-state index contributed by atoms with van der Waals surface area (Å²) in [6.45, 7) is 7.97. The SMILES string of the molecule is CCC1(CNC(=O)N2CCC[C@@H](C3(C)OCCO3)C2)CC1. The molecular formula is C16H28N2O3. The van der Waals surface area contributed by atoms with Crippen LogP contribution in [-0.4, -0.2) is 49.6 Å². The number of piperidine rings is 1. The topological polar surface area (TPSA) is 50.8 Å². The van der Waals surface area contributed by atoms with E-state index >= 15 is 0 Å². The zero-order valence-corrected chi connectivity index (χ0v) is 13.3. The molecule has 1 aliphatic carbocycles. The predicted octanol–water partition coefficient (Wildman–Crippen LogP) is 2.36. The van der Waals surface area contributed by atoms with Gasteiger partial charge in [-0.1, -0.05) is 6.92 Å². The molecule has 0 aromatic rings. The van der Waals surface area contributed by atoms with Gasteiger partial charge in [0, 0.05) is 25.6 Å². The Labute approximate surface area is 127 Å². The van der Waals surface area contributed by atoms with Gasteiger partial charge in [0.05, 0.1) is 13.2 Å². The molecule has 5 heteroatoms. The summed E-state index contributed by atoms with van der Waals surface area (Å²) in [5.41, 5.74) is 0.397. The van der Waals surface area contributed by atoms with Gasteiger partial charge in [0.15, 0.2) is 5.79 Å². The van der Waals surface area contributed by atoms with Crippen molar-refractivity contribution < 1.29 is 14.3 Å². The molecule has 0 bridgehead atoms. The summed E-state index contributed by atoms with van der Waals surface area (Å²) in [7, 11) is 0. The third-order valence-electron chi connectivity index (χ3n) is 5.63. The molecule has 3 aliphatic rings. The average Bonchev–Trinajstić information content (AvgIpc) is 3.18. The minimum absolute atomic E-state index is 0.0843. The van der Waals surface area contributed by atoms with E-state index in [9.17, 15) is 4.79 Å². The fourth-order valence-corrected chi connectivity index (χ4v) is 3.56. The molecule has 0 spiro atoms. The molecule has 120 valence electrons. The van der Waals surface area contributed by atoms with E-state index in [4.69, 9.17) is 9.47 Å². The predicted molar refractivity (Wildman–Crippen MR) is 80.0 cm³/mol. The number of hydrogen-bond donors (Lipinski definition) is 1. The molecule has 1 N–H and O–H groups in total. The van der Waals surface area contributed by atoms with Crippen molar-refractivity contribution >= 4 is 6.03 Å². The van der Waals surface area contributed by atoms with Crippen molar-refractivity contribution in [2.75, 3.05) is 32.8 Å². The first-order chi connectivity index (χ1) is 10.1. The number of carbonyl (C=O) groups is 1. The first-order valence-corrected chi connectivity index (χ1v) is 8.38. The Hall–Kier alpha value is -0.810. The number of nitrogens with zero attached hydrogens (tertiary/aromatic N) is 1. The van der Waals surface area contributed by atoms with E-state index in [0.29, 0.717) is 18.6 Å². The zero-order chi connectivity index (χ0) is 14.9. The molecule has 0 radical (unpaired) electrons.